The molecule has 3 unspecified atom stereocenters. The van der Waals surface area contributed by atoms with Crippen molar-refractivity contribution in [1.29, 1.82) is 0 Å². The lowest BCUT2D eigenvalue weighted by Gasteiger charge is -2.31. The van der Waals surface area contributed by atoms with Crippen molar-refractivity contribution in [3.8, 4) is 0 Å². The third kappa shape index (κ3) is 4.89. The molecule has 3 N–H and O–H groups in total. The van der Waals surface area contributed by atoms with Gasteiger partial charge in [-0.1, -0.05) is 6.42 Å². The van der Waals surface area contributed by atoms with Crippen molar-refractivity contribution in [3.05, 3.63) is 24.2 Å². The van der Waals surface area contributed by atoms with E-state index >= 15 is 0 Å². The first kappa shape index (κ1) is 17.7. The minimum Gasteiger partial charge on any atom is -0.466 e. The molecule has 0 bridgehead atoms. The number of carbonyl (C=O) groups is 1. The molecule has 23 heavy (non-hydrogen) atoms. The Hall–Kier alpha value is -1.70. The molecule has 0 aliphatic heterocycles. The number of halogens is 3. The third-order valence-electron chi connectivity index (χ3n) is 4.12. The van der Waals surface area contributed by atoms with Crippen LogP contribution in [-0.4, -0.2) is 29.9 Å². The topological polar surface area (TPSA) is 74.5 Å². The zero-order valence-electron chi connectivity index (χ0n) is 12.8. The molecule has 0 radical (unpaired) electrons. The molecule has 1 aromatic heterocycles. The first-order chi connectivity index (χ1) is 10.7. The minimum absolute atomic E-state index is 0.106. The van der Waals surface area contributed by atoms with Crippen molar-refractivity contribution in [1.82, 2.24) is 10.6 Å². The molecule has 5 nitrogen and oxygen atoms in total. The third-order valence-corrected chi connectivity index (χ3v) is 4.12. The van der Waals surface area contributed by atoms with Gasteiger partial charge in [0, 0.05) is 6.04 Å². The molecule has 1 aliphatic carbocycles. The van der Waals surface area contributed by atoms with Gasteiger partial charge < -0.3 is 20.2 Å². The van der Waals surface area contributed by atoms with Crippen LogP contribution in [0.15, 0.2) is 22.8 Å². The van der Waals surface area contributed by atoms with Gasteiger partial charge in [0.15, 0.2) is 0 Å². The van der Waals surface area contributed by atoms with Crippen LogP contribution in [-0.2, 0) is 5.60 Å². The van der Waals surface area contributed by atoms with Crippen LogP contribution in [0.25, 0.3) is 0 Å². The average molecular weight is 334 g/mol. The van der Waals surface area contributed by atoms with Crippen molar-refractivity contribution in [2.45, 2.75) is 50.4 Å². The highest BCUT2D eigenvalue weighted by Crippen LogP contribution is 2.37. The van der Waals surface area contributed by atoms with E-state index in [9.17, 15) is 23.1 Å². The predicted molar refractivity (Wildman–Crippen MR) is 76.6 cm³/mol. The largest absolute Gasteiger partial charge is 0.466 e. The van der Waals surface area contributed by atoms with Crippen LogP contribution in [0.1, 0.15) is 38.4 Å². The van der Waals surface area contributed by atoms with Crippen LogP contribution in [0.4, 0.5) is 18.0 Å². The molecule has 1 aromatic rings. The van der Waals surface area contributed by atoms with Gasteiger partial charge in [-0.05, 0) is 38.3 Å². The fourth-order valence-corrected chi connectivity index (χ4v) is 2.78. The number of hydrogen-bond acceptors (Lipinski definition) is 3. The van der Waals surface area contributed by atoms with Crippen LogP contribution < -0.4 is 10.6 Å². The van der Waals surface area contributed by atoms with E-state index in [-0.39, 0.29) is 19.4 Å². The Balaban J connectivity index is 1.81. The Morgan fingerprint density at radius 1 is 1.43 bits per heavy atom. The first-order valence-electron chi connectivity index (χ1n) is 7.56. The van der Waals surface area contributed by atoms with Crippen molar-refractivity contribution < 1.29 is 27.5 Å². The molecule has 8 heteroatoms. The summed E-state index contributed by atoms with van der Waals surface area (Å²) in [6.45, 7) is 1.37. The van der Waals surface area contributed by atoms with E-state index in [4.69, 9.17) is 4.42 Å². The summed E-state index contributed by atoms with van der Waals surface area (Å²) in [6.07, 6.45) is -1.86. The molecule has 3 atom stereocenters. The van der Waals surface area contributed by atoms with E-state index in [2.05, 4.69) is 10.6 Å². The molecule has 1 aliphatic rings. The number of carbonyl (C=O) groups excluding carboxylic acids is 1. The summed E-state index contributed by atoms with van der Waals surface area (Å²) in [6, 6.07) is 2.09. The van der Waals surface area contributed by atoms with E-state index < -0.39 is 29.8 Å². The molecule has 1 heterocycles. The van der Waals surface area contributed by atoms with Gasteiger partial charge in [-0.2, -0.15) is 13.2 Å². The number of aliphatic hydroxyl groups is 1. The summed E-state index contributed by atoms with van der Waals surface area (Å²) in [5.41, 5.74) is -1.39. The molecule has 130 valence electrons. The highest BCUT2D eigenvalue weighted by molar-refractivity contribution is 5.74. The average Bonchev–Trinajstić information content (AvgIpc) is 3.00. The second-order valence-electron chi connectivity index (χ2n) is 6.18. The minimum atomic E-state index is -4.22. The standard InChI is InChI=1S/C15H21F3N2O3/c1-14(22,12-6-3-7-23-12)9-19-13(21)20-11-5-2-4-10(8-11)15(16,17)18/h3,6-7,10-11,22H,2,4-5,8-9H2,1H3,(H2,19,20,21). The SMILES string of the molecule is CC(O)(CNC(=O)NC1CCCC(C(F)(F)F)C1)c1ccco1. The van der Waals surface area contributed by atoms with E-state index in [1.165, 1.54) is 13.2 Å². The Morgan fingerprint density at radius 2 is 2.17 bits per heavy atom. The maximum atomic E-state index is 12.7. The van der Waals surface area contributed by atoms with Crippen LogP contribution in [0, 0.1) is 5.92 Å². The Bertz CT molecular complexity index is 515. The van der Waals surface area contributed by atoms with Gasteiger partial charge in [0.2, 0.25) is 0 Å². The van der Waals surface area contributed by atoms with Crippen molar-refractivity contribution in [2.24, 2.45) is 5.92 Å². The number of hydrogen-bond donors (Lipinski definition) is 3. The molecule has 0 aromatic carbocycles. The summed E-state index contributed by atoms with van der Waals surface area (Å²) in [5, 5.41) is 15.2. The van der Waals surface area contributed by atoms with Crippen molar-refractivity contribution in [3.63, 3.8) is 0 Å². The molecular weight excluding hydrogens is 313 g/mol. The van der Waals surface area contributed by atoms with Crippen LogP contribution >= 0.6 is 0 Å². The summed E-state index contributed by atoms with van der Waals surface area (Å²) < 4.78 is 43.3. The maximum absolute atomic E-state index is 12.7. The van der Waals surface area contributed by atoms with Gasteiger partial charge in [-0.25, -0.2) is 4.79 Å². The monoisotopic (exact) mass is 334 g/mol. The number of urea groups is 1. The van der Waals surface area contributed by atoms with E-state index in [1.54, 1.807) is 12.1 Å². The summed E-state index contributed by atoms with van der Waals surface area (Å²) in [7, 11) is 0. The van der Waals surface area contributed by atoms with Crippen LogP contribution in [0.5, 0.6) is 0 Å². The highest BCUT2D eigenvalue weighted by Gasteiger charge is 2.42. The van der Waals surface area contributed by atoms with Gasteiger partial charge in [-0.3, -0.25) is 0 Å². The van der Waals surface area contributed by atoms with Gasteiger partial charge in [0.1, 0.15) is 11.4 Å². The smallest absolute Gasteiger partial charge is 0.391 e. The van der Waals surface area contributed by atoms with E-state index in [0.717, 1.165) is 0 Å². The highest BCUT2D eigenvalue weighted by atomic mass is 19.4. The van der Waals surface area contributed by atoms with Gasteiger partial charge in [0.05, 0.1) is 18.7 Å². The van der Waals surface area contributed by atoms with Gasteiger partial charge in [0.25, 0.3) is 0 Å². The molecular formula is C15H21F3N2O3. The zero-order chi connectivity index (χ0) is 17.1. The Morgan fingerprint density at radius 3 is 2.78 bits per heavy atom. The van der Waals surface area contributed by atoms with E-state index in [1.807, 2.05) is 0 Å². The van der Waals surface area contributed by atoms with Crippen molar-refractivity contribution in [2.75, 3.05) is 6.54 Å². The second-order valence-corrected chi connectivity index (χ2v) is 6.18. The van der Waals surface area contributed by atoms with Crippen LogP contribution in [0.3, 0.4) is 0 Å². The second kappa shape index (κ2) is 6.82. The first-order valence-corrected chi connectivity index (χ1v) is 7.56. The Kier molecular flexibility index (Phi) is 5.23. The summed E-state index contributed by atoms with van der Waals surface area (Å²) in [4.78, 5) is 11.8. The van der Waals surface area contributed by atoms with Crippen LogP contribution in [0.2, 0.25) is 0 Å². The molecule has 0 saturated heterocycles. The molecule has 0 spiro atoms. The lowest BCUT2D eigenvalue weighted by atomic mass is 9.85. The predicted octanol–water partition coefficient (Wildman–Crippen LogP) is 2.91. The fraction of sp³-hybridized carbons (Fsp3) is 0.667. The number of nitrogens with one attached hydrogen (secondary N) is 2. The molecule has 1 fully saturated rings. The number of furan rings is 1. The molecule has 1 saturated carbocycles. The lowest BCUT2D eigenvalue weighted by Crippen LogP contribution is -2.48. The normalized spacial score (nSPS) is 24.7. The molecule has 2 rings (SSSR count). The fourth-order valence-electron chi connectivity index (χ4n) is 2.78. The molecule has 2 amide bonds. The quantitative estimate of drug-likeness (QED) is 0.792. The Labute approximate surface area is 132 Å². The van der Waals surface area contributed by atoms with Gasteiger partial charge >= 0.3 is 12.2 Å². The number of rotatable bonds is 4. The maximum Gasteiger partial charge on any atom is 0.391 e. The number of amides is 2. The summed E-state index contributed by atoms with van der Waals surface area (Å²) >= 11 is 0. The van der Waals surface area contributed by atoms with Crippen molar-refractivity contribution >= 4 is 6.03 Å². The van der Waals surface area contributed by atoms with Gasteiger partial charge in [-0.15, -0.1) is 0 Å². The number of alkyl halides is 3. The van der Waals surface area contributed by atoms with E-state index in [0.29, 0.717) is 18.6 Å². The lowest BCUT2D eigenvalue weighted by molar-refractivity contribution is -0.183. The zero-order valence-corrected chi connectivity index (χ0v) is 12.8. The summed E-state index contributed by atoms with van der Waals surface area (Å²) in [5.74, 6) is -1.07.